The number of aryl methyl sites for hydroxylation is 1. The molecule has 7 nitrogen and oxygen atoms in total. The normalized spacial score (nSPS) is 13.5. The van der Waals surface area contributed by atoms with Crippen LogP contribution in [-0.4, -0.2) is 61.0 Å². The Kier molecular flexibility index (Phi) is 9.13. The fourth-order valence-electron chi connectivity index (χ4n) is 1.70. The number of aromatic nitrogens is 3. The highest BCUT2D eigenvalue weighted by Crippen LogP contribution is 2.10. The molecule has 9 heteroatoms. The molecule has 0 amide bonds. The van der Waals surface area contributed by atoms with Crippen molar-refractivity contribution < 1.29 is 4.21 Å². The third-order valence-corrected chi connectivity index (χ3v) is 4.95. The second kappa shape index (κ2) is 9.43. The molecule has 128 valence electrons. The average molecular weight is 442 g/mol. The van der Waals surface area contributed by atoms with Crippen molar-refractivity contribution in [1.82, 2.24) is 25.0 Å². The highest BCUT2D eigenvalue weighted by atomic mass is 127. The topological polar surface area (TPSA) is 75.4 Å². The monoisotopic (exact) mass is 442 g/mol. The van der Waals surface area contributed by atoms with E-state index in [1.807, 2.05) is 39.8 Å². The van der Waals surface area contributed by atoms with Gasteiger partial charge in [-0.3, -0.25) is 13.9 Å². The molecule has 0 bridgehead atoms. The number of nitrogens with zero attached hydrogens (tertiary/aromatic N) is 5. The van der Waals surface area contributed by atoms with Crippen LogP contribution in [0.25, 0.3) is 0 Å². The summed E-state index contributed by atoms with van der Waals surface area (Å²) in [6, 6.07) is 0. The van der Waals surface area contributed by atoms with Gasteiger partial charge in [-0.2, -0.15) is 5.10 Å². The molecule has 0 aromatic carbocycles. The molecule has 0 aliphatic heterocycles. The van der Waals surface area contributed by atoms with Gasteiger partial charge in [-0.25, -0.2) is 4.98 Å². The van der Waals surface area contributed by atoms with E-state index in [4.69, 9.17) is 0 Å². The van der Waals surface area contributed by atoms with Crippen molar-refractivity contribution in [3.8, 4) is 0 Å². The zero-order valence-corrected chi connectivity index (χ0v) is 17.3. The van der Waals surface area contributed by atoms with Gasteiger partial charge in [-0.05, 0) is 20.8 Å². The van der Waals surface area contributed by atoms with Crippen molar-refractivity contribution >= 4 is 40.7 Å². The Morgan fingerprint density at radius 3 is 2.59 bits per heavy atom. The van der Waals surface area contributed by atoms with Crippen LogP contribution in [0, 0.1) is 0 Å². The first-order valence-electron chi connectivity index (χ1n) is 6.89. The van der Waals surface area contributed by atoms with E-state index in [0.717, 1.165) is 11.8 Å². The van der Waals surface area contributed by atoms with Gasteiger partial charge in [-0.1, -0.05) is 0 Å². The van der Waals surface area contributed by atoms with Crippen LogP contribution < -0.4 is 5.32 Å². The number of halogens is 1. The lowest BCUT2D eigenvalue weighted by Gasteiger charge is -2.22. The summed E-state index contributed by atoms with van der Waals surface area (Å²) in [6.45, 7) is 7.19. The van der Waals surface area contributed by atoms with Gasteiger partial charge in [0.1, 0.15) is 12.2 Å². The zero-order chi connectivity index (χ0) is 16.0. The molecule has 1 aromatic rings. The van der Waals surface area contributed by atoms with Crippen molar-refractivity contribution in [3.63, 3.8) is 0 Å². The Labute approximate surface area is 152 Å². The van der Waals surface area contributed by atoms with Gasteiger partial charge in [0.05, 0.1) is 6.54 Å². The summed E-state index contributed by atoms with van der Waals surface area (Å²) in [4.78, 5) is 10.4. The maximum atomic E-state index is 12.0. The van der Waals surface area contributed by atoms with E-state index in [0.29, 0.717) is 18.8 Å². The van der Waals surface area contributed by atoms with Crippen molar-refractivity contribution in [2.75, 3.05) is 26.4 Å². The Morgan fingerprint density at radius 1 is 1.50 bits per heavy atom. The van der Waals surface area contributed by atoms with Crippen LogP contribution in [0.4, 0.5) is 0 Å². The highest BCUT2D eigenvalue weighted by Gasteiger charge is 2.19. The molecular weight excluding hydrogens is 415 g/mol. The molecule has 0 fully saturated rings. The minimum Gasteiger partial charge on any atom is -0.355 e. The van der Waals surface area contributed by atoms with Crippen LogP contribution in [0.3, 0.4) is 0 Å². The van der Waals surface area contributed by atoms with E-state index >= 15 is 0 Å². The van der Waals surface area contributed by atoms with Crippen molar-refractivity contribution in [2.45, 2.75) is 32.1 Å². The molecule has 0 saturated heterocycles. The van der Waals surface area contributed by atoms with E-state index in [-0.39, 0.29) is 28.7 Å². The molecule has 22 heavy (non-hydrogen) atoms. The molecule has 0 saturated carbocycles. The minimum absolute atomic E-state index is 0. The van der Waals surface area contributed by atoms with Crippen molar-refractivity contribution in [2.24, 2.45) is 12.0 Å². The summed E-state index contributed by atoms with van der Waals surface area (Å²) in [5.41, 5.74) is 0. The summed E-state index contributed by atoms with van der Waals surface area (Å²) >= 11 is 0. The maximum absolute atomic E-state index is 12.0. The largest absolute Gasteiger partial charge is 0.355 e. The summed E-state index contributed by atoms with van der Waals surface area (Å²) in [6.07, 6.45) is 1.53. The van der Waals surface area contributed by atoms with Gasteiger partial charge >= 0.3 is 0 Å². The molecule has 1 atom stereocenters. The Hall–Kier alpha value is -0.710. The molecule has 1 rings (SSSR count). The number of rotatable bonds is 5. The molecule has 1 unspecified atom stereocenters. The first kappa shape index (κ1) is 21.3. The van der Waals surface area contributed by atoms with Crippen LogP contribution in [0.15, 0.2) is 11.3 Å². The number of guanidine groups is 1. The molecule has 0 aliphatic carbocycles. The van der Waals surface area contributed by atoms with Gasteiger partial charge in [0.15, 0.2) is 5.96 Å². The number of hydrogen-bond acceptors (Lipinski definition) is 4. The lowest BCUT2D eigenvalue weighted by Crippen LogP contribution is -2.41. The van der Waals surface area contributed by atoms with E-state index < -0.39 is 10.8 Å². The molecule has 0 spiro atoms. The van der Waals surface area contributed by atoms with E-state index in [9.17, 15) is 4.21 Å². The predicted molar refractivity (Wildman–Crippen MR) is 102 cm³/mol. The maximum Gasteiger partial charge on any atom is 0.193 e. The second-order valence-corrected chi connectivity index (χ2v) is 8.12. The molecule has 0 radical (unpaired) electrons. The second-order valence-electron chi connectivity index (χ2n) is 5.79. The first-order chi connectivity index (χ1) is 9.75. The number of hydrogen-bond donors (Lipinski definition) is 1. The quantitative estimate of drug-likeness (QED) is 0.418. The summed E-state index contributed by atoms with van der Waals surface area (Å²) < 4.78 is 13.6. The van der Waals surface area contributed by atoms with Crippen molar-refractivity contribution in [1.29, 1.82) is 0 Å². The van der Waals surface area contributed by atoms with Gasteiger partial charge in [0.25, 0.3) is 0 Å². The van der Waals surface area contributed by atoms with E-state index in [1.54, 1.807) is 11.7 Å². The first-order valence-corrected chi connectivity index (χ1v) is 8.20. The summed E-state index contributed by atoms with van der Waals surface area (Å²) in [7, 11) is 4.66. The molecular formula is C13H27IN6OS. The van der Waals surface area contributed by atoms with Crippen LogP contribution in [0.1, 0.15) is 26.6 Å². The summed E-state index contributed by atoms with van der Waals surface area (Å²) in [5, 5.41) is 7.28. The van der Waals surface area contributed by atoms with E-state index in [1.165, 1.54) is 6.33 Å². The van der Waals surface area contributed by atoms with Gasteiger partial charge in [0.2, 0.25) is 0 Å². The van der Waals surface area contributed by atoms with Gasteiger partial charge in [0, 0.05) is 49.0 Å². The van der Waals surface area contributed by atoms with E-state index in [2.05, 4.69) is 20.4 Å². The molecule has 1 heterocycles. The third kappa shape index (κ3) is 6.59. The SMILES string of the molecule is CN=C(NCCS(=O)C(C)(C)C)N(C)Cc1ncnn1C.I. The minimum atomic E-state index is -0.867. The van der Waals surface area contributed by atoms with Crippen molar-refractivity contribution in [3.05, 3.63) is 12.2 Å². The Bertz CT molecular complexity index is 511. The van der Waals surface area contributed by atoms with Gasteiger partial charge < -0.3 is 10.2 Å². The molecule has 1 aromatic heterocycles. The smallest absolute Gasteiger partial charge is 0.193 e. The van der Waals surface area contributed by atoms with Crippen LogP contribution in [0.2, 0.25) is 0 Å². The summed E-state index contributed by atoms with van der Waals surface area (Å²) in [5.74, 6) is 2.21. The standard InChI is InChI=1S/C13H26N6OS.HI/c1-13(2,3)21(20)8-7-15-12(14-4)18(5)9-11-16-10-17-19(11)6;/h10H,7-9H2,1-6H3,(H,14,15);1H. The predicted octanol–water partition coefficient (Wildman–Crippen LogP) is 0.987. The third-order valence-electron chi connectivity index (χ3n) is 3.01. The lowest BCUT2D eigenvalue weighted by molar-refractivity contribution is 0.450. The molecule has 1 N–H and O–H groups in total. The lowest BCUT2D eigenvalue weighted by atomic mass is 10.3. The van der Waals surface area contributed by atoms with Crippen LogP contribution >= 0.6 is 24.0 Å². The number of aliphatic imine (C=N–C) groups is 1. The fraction of sp³-hybridized carbons (Fsp3) is 0.769. The van der Waals surface area contributed by atoms with Crippen LogP contribution in [0.5, 0.6) is 0 Å². The Balaban J connectivity index is 0.00000441. The number of nitrogens with one attached hydrogen (secondary N) is 1. The van der Waals surface area contributed by atoms with Gasteiger partial charge in [-0.15, -0.1) is 24.0 Å². The Morgan fingerprint density at radius 2 is 2.14 bits per heavy atom. The zero-order valence-electron chi connectivity index (χ0n) is 14.2. The van der Waals surface area contributed by atoms with Crippen LogP contribution in [-0.2, 0) is 24.4 Å². The molecule has 0 aliphatic rings. The average Bonchev–Trinajstić information content (AvgIpc) is 2.78. The fourth-order valence-corrected chi connectivity index (χ4v) is 2.60. The highest BCUT2D eigenvalue weighted by molar-refractivity contribution is 14.0.